The van der Waals surface area contributed by atoms with Crippen molar-refractivity contribution in [3.05, 3.63) is 56.8 Å². The second-order valence-electron chi connectivity index (χ2n) is 7.05. The standard InChI is InChI=1S/C19H23N5O4/c1-9(2)24-16-14(8-21-24)12(6-15(23-16)19(27)28)17(25)20-7-13-10(3)5-11(4)22-18(13)26/h5-6,8-9,17,20,25H,7H2,1-4H3,(H,22,26)(H,27,28). The summed E-state index contributed by atoms with van der Waals surface area (Å²) in [5, 5.41) is 27.8. The van der Waals surface area contributed by atoms with Crippen molar-refractivity contribution in [3.63, 3.8) is 0 Å². The van der Waals surface area contributed by atoms with Crippen molar-refractivity contribution in [2.75, 3.05) is 0 Å². The molecule has 9 nitrogen and oxygen atoms in total. The van der Waals surface area contributed by atoms with Gasteiger partial charge in [0.05, 0.1) is 6.20 Å². The number of nitrogens with one attached hydrogen (secondary N) is 2. The number of carboxylic acids is 1. The molecule has 0 aliphatic carbocycles. The number of nitrogens with zero attached hydrogens (tertiary/aromatic N) is 3. The lowest BCUT2D eigenvalue weighted by Crippen LogP contribution is -2.26. The van der Waals surface area contributed by atoms with E-state index in [2.05, 4.69) is 20.4 Å². The first-order valence-corrected chi connectivity index (χ1v) is 8.91. The Hall–Kier alpha value is -3.04. The van der Waals surface area contributed by atoms with Crippen LogP contribution in [0.2, 0.25) is 0 Å². The van der Waals surface area contributed by atoms with E-state index < -0.39 is 12.2 Å². The first-order chi connectivity index (χ1) is 13.2. The minimum absolute atomic E-state index is 0.0271. The highest BCUT2D eigenvalue weighted by molar-refractivity contribution is 5.90. The van der Waals surface area contributed by atoms with Gasteiger partial charge in [-0.05, 0) is 45.4 Å². The quantitative estimate of drug-likeness (QED) is 0.475. The molecule has 1 unspecified atom stereocenters. The Morgan fingerprint density at radius 2 is 2.04 bits per heavy atom. The molecule has 0 radical (unpaired) electrons. The lowest BCUT2D eigenvalue weighted by atomic mass is 10.1. The van der Waals surface area contributed by atoms with Crippen molar-refractivity contribution in [3.8, 4) is 0 Å². The van der Waals surface area contributed by atoms with Crippen LogP contribution in [0.3, 0.4) is 0 Å². The molecule has 9 heteroatoms. The van der Waals surface area contributed by atoms with Gasteiger partial charge in [-0.2, -0.15) is 5.10 Å². The molecule has 3 aromatic rings. The predicted molar refractivity (Wildman–Crippen MR) is 103 cm³/mol. The number of hydrogen-bond donors (Lipinski definition) is 4. The van der Waals surface area contributed by atoms with E-state index in [4.69, 9.17) is 0 Å². The summed E-state index contributed by atoms with van der Waals surface area (Å²) < 4.78 is 1.60. The van der Waals surface area contributed by atoms with Crippen LogP contribution in [-0.2, 0) is 6.54 Å². The second kappa shape index (κ2) is 7.53. The zero-order valence-corrected chi connectivity index (χ0v) is 16.1. The second-order valence-corrected chi connectivity index (χ2v) is 7.05. The fourth-order valence-electron chi connectivity index (χ4n) is 3.17. The zero-order chi connectivity index (χ0) is 20.6. The SMILES string of the molecule is Cc1cc(C)c(CNC(O)c2cc(C(=O)O)nc3c2cnn3C(C)C)c(=O)[nH]1. The highest BCUT2D eigenvalue weighted by Crippen LogP contribution is 2.25. The summed E-state index contributed by atoms with van der Waals surface area (Å²) in [4.78, 5) is 30.5. The number of aliphatic hydroxyl groups is 1. The molecular weight excluding hydrogens is 362 g/mol. The van der Waals surface area contributed by atoms with Gasteiger partial charge in [0.15, 0.2) is 11.3 Å². The summed E-state index contributed by atoms with van der Waals surface area (Å²) in [6.07, 6.45) is 0.353. The average molecular weight is 385 g/mol. The summed E-state index contributed by atoms with van der Waals surface area (Å²) in [5.74, 6) is -1.20. The van der Waals surface area contributed by atoms with E-state index in [9.17, 15) is 19.8 Å². The molecule has 148 valence electrons. The molecule has 4 N–H and O–H groups in total. The van der Waals surface area contributed by atoms with Crippen molar-refractivity contribution >= 4 is 17.0 Å². The molecule has 0 fully saturated rings. The van der Waals surface area contributed by atoms with Gasteiger partial charge in [-0.1, -0.05) is 0 Å². The molecule has 0 saturated heterocycles. The molecule has 3 heterocycles. The number of aromatic carboxylic acids is 1. The summed E-state index contributed by atoms with van der Waals surface area (Å²) in [7, 11) is 0. The lowest BCUT2D eigenvalue weighted by Gasteiger charge is -2.16. The van der Waals surface area contributed by atoms with Crippen molar-refractivity contribution in [2.24, 2.45) is 0 Å². The fraction of sp³-hybridized carbons (Fsp3) is 0.368. The minimum Gasteiger partial charge on any atom is -0.477 e. The van der Waals surface area contributed by atoms with Crippen LogP contribution >= 0.6 is 0 Å². The van der Waals surface area contributed by atoms with Crippen LogP contribution in [0, 0.1) is 13.8 Å². The van der Waals surface area contributed by atoms with Crippen molar-refractivity contribution in [1.29, 1.82) is 0 Å². The van der Waals surface area contributed by atoms with E-state index in [1.54, 1.807) is 17.8 Å². The largest absolute Gasteiger partial charge is 0.477 e. The maximum Gasteiger partial charge on any atom is 0.354 e. The molecule has 0 saturated carbocycles. The monoisotopic (exact) mass is 385 g/mol. The number of aryl methyl sites for hydroxylation is 2. The van der Waals surface area contributed by atoms with E-state index in [1.807, 2.05) is 26.8 Å². The maximum absolute atomic E-state index is 12.2. The number of aromatic amines is 1. The van der Waals surface area contributed by atoms with Crippen LogP contribution < -0.4 is 10.9 Å². The highest BCUT2D eigenvalue weighted by Gasteiger charge is 2.20. The highest BCUT2D eigenvalue weighted by atomic mass is 16.4. The Morgan fingerprint density at radius 1 is 1.32 bits per heavy atom. The van der Waals surface area contributed by atoms with E-state index in [1.165, 1.54) is 6.07 Å². The van der Waals surface area contributed by atoms with E-state index in [0.29, 0.717) is 22.2 Å². The normalized spacial score (nSPS) is 12.6. The Morgan fingerprint density at radius 3 is 2.64 bits per heavy atom. The third-order valence-corrected chi connectivity index (χ3v) is 4.57. The van der Waals surface area contributed by atoms with Crippen LogP contribution in [0.5, 0.6) is 0 Å². The van der Waals surface area contributed by atoms with Crippen molar-refractivity contribution in [1.82, 2.24) is 25.1 Å². The summed E-state index contributed by atoms with van der Waals surface area (Å²) >= 11 is 0. The van der Waals surface area contributed by atoms with Gasteiger partial charge in [0.1, 0.15) is 6.23 Å². The number of fused-ring (bicyclic) bond motifs is 1. The van der Waals surface area contributed by atoms with E-state index in [-0.39, 0.29) is 23.8 Å². The van der Waals surface area contributed by atoms with Crippen LogP contribution in [0.4, 0.5) is 0 Å². The molecule has 3 rings (SSSR count). The summed E-state index contributed by atoms with van der Waals surface area (Å²) in [5.41, 5.74) is 2.39. The molecular formula is C19H23N5O4. The molecule has 1 atom stereocenters. The molecule has 0 aromatic carbocycles. The predicted octanol–water partition coefficient (Wildman–Crippen LogP) is 1.80. The number of carbonyl (C=O) groups is 1. The van der Waals surface area contributed by atoms with Crippen molar-refractivity contribution < 1.29 is 15.0 Å². The minimum atomic E-state index is -1.20. The Kier molecular flexibility index (Phi) is 5.30. The van der Waals surface area contributed by atoms with Gasteiger partial charge in [0.2, 0.25) is 0 Å². The molecule has 28 heavy (non-hydrogen) atoms. The molecule has 0 aliphatic rings. The number of aromatic nitrogens is 4. The number of pyridine rings is 2. The first kappa shape index (κ1) is 19.7. The lowest BCUT2D eigenvalue weighted by molar-refractivity contribution is 0.0690. The average Bonchev–Trinajstić information content (AvgIpc) is 3.03. The fourth-order valence-corrected chi connectivity index (χ4v) is 3.17. The van der Waals surface area contributed by atoms with E-state index >= 15 is 0 Å². The van der Waals surface area contributed by atoms with Crippen LogP contribution in [0.15, 0.2) is 23.1 Å². The molecule has 3 aromatic heterocycles. The Labute approximate surface area is 161 Å². The molecule has 0 bridgehead atoms. The molecule has 0 aliphatic heterocycles. The smallest absolute Gasteiger partial charge is 0.354 e. The number of rotatable bonds is 6. The van der Waals surface area contributed by atoms with Gasteiger partial charge in [-0.15, -0.1) is 0 Å². The molecule has 0 spiro atoms. The maximum atomic E-state index is 12.2. The number of H-pyrrole nitrogens is 1. The number of hydrogen-bond acceptors (Lipinski definition) is 6. The van der Waals surface area contributed by atoms with Crippen LogP contribution in [0.1, 0.15) is 59.0 Å². The van der Waals surface area contributed by atoms with Gasteiger partial charge in [-0.25, -0.2) is 14.5 Å². The zero-order valence-electron chi connectivity index (χ0n) is 16.1. The van der Waals surface area contributed by atoms with E-state index in [0.717, 1.165) is 11.3 Å². The van der Waals surface area contributed by atoms with Gasteiger partial charge in [0, 0.05) is 34.8 Å². The van der Waals surface area contributed by atoms with Crippen LogP contribution in [0.25, 0.3) is 11.0 Å². The summed E-state index contributed by atoms with van der Waals surface area (Å²) in [6.45, 7) is 7.55. The number of carboxylic acid groups (broad SMARTS) is 1. The Bertz CT molecular complexity index is 1100. The van der Waals surface area contributed by atoms with Gasteiger partial charge in [0.25, 0.3) is 5.56 Å². The number of aliphatic hydroxyl groups excluding tert-OH is 1. The Balaban J connectivity index is 1.98. The van der Waals surface area contributed by atoms with Gasteiger partial charge >= 0.3 is 5.97 Å². The van der Waals surface area contributed by atoms with Gasteiger partial charge in [-0.3, -0.25) is 10.1 Å². The summed E-state index contributed by atoms with van der Waals surface area (Å²) in [6, 6.07) is 3.15. The third-order valence-electron chi connectivity index (χ3n) is 4.57. The third kappa shape index (κ3) is 3.67. The van der Waals surface area contributed by atoms with Crippen LogP contribution in [-0.4, -0.2) is 35.9 Å². The van der Waals surface area contributed by atoms with Gasteiger partial charge < -0.3 is 15.2 Å². The molecule has 0 amide bonds. The first-order valence-electron chi connectivity index (χ1n) is 8.91. The van der Waals surface area contributed by atoms with Crippen molar-refractivity contribution in [2.45, 2.75) is 46.5 Å². The topological polar surface area (TPSA) is 133 Å².